The summed E-state index contributed by atoms with van der Waals surface area (Å²) in [5.41, 5.74) is 0.707. The SMILES string of the molecule is COc1cccc(C)c1C(Cl)(C(O)C(F)(F)F)N1CCC1. The Morgan fingerprint density at radius 1 is 1.33 bits per heavy atom. The number of ether oxygens (including phenoxy) is 1. The Kier molecular flexibility index (Phi) is 4.42. The second kappa shape index (κ2) is 5.66. The monoisotopic (exact) mass is 323 g/mol. The summed E-state index contributed by atoms with van der Waals surface area (Å²) in [7, 11) is 1.37. The van der Waals surface area contributed by atoms with Crippen LogP contribution in [0.25, 0.3) is 0 Å². The Balaban J connectivity index is 2.61. The fourth-order valence-corrected chi connectivity index (χ4v) is 3.12. The minimum Gasteiger partial charge on any atom is -0.496 e. The van der Waals surface area contributed by atoms with Crippen molar-refractivity contribution in [2.75, 3.05) is 20.2 Å². The number of hydrogen-bond donors (Lipinski definition) is 1. The van der Waals surface area contributed by atoms with Crippen LogP contribution in [-0.2, 0) is 5.00 Å². The molecule has 118 valence electrons. The van der Waals surface area contributed by atoms with Gasteiger partial charge in [-0.3, -0.25) is 4.90 Å². The Morgan fingerprint density at radius 2 is 1.95 bits per heavy atom. The van der Waals surface area contributed by atoms with Crippen molar-refractivity contribution in [3.05, 3.63) is 29.3 Å². The molecule has 7 heteroatoms. The number of alkyl halides is 4. The molecule has 1 N–H and O–H groups in total. The van der Waals surface area contributed by atoms with Gasteiger partial charge in [-0.15, -0.1) is 0 Å². The standard InChI is InChI=1S/C14H17ClF3NO2/c1-9-5-3-6-10(21-2)11(9)13(15,19-7-4-8-19)12(20)14(16,17)18/h3,5-6,12,20H,4,7-8H2,1-2H3. The van der Waals surface area contributed by atoms with Gasteiger partial charge in [0.15, 0.2) is 11.1 Å². The molecule has 1 heterocycles. The number of halogens is 4. The van der Waals surface area contributed by atoms with E-state index in [9.17, 15) is 18.3 Å². The van der Waals surface area contributed by atoms with E-state index in [2.05, 4.69) is 0 Å². The third kappa shape index (κ3) is 2.72. The van der Waals surface area contributed by atoms with E-state index in [-0.39, 0.29) is 11.3 Å². The molecule has 1 aromatic carbocycles. The molecular weight excluding hydrogens is 307 g/mol. The van der Waals surface area contributed by atoms with Gasteiger partial charge in [0.1, 0.15) is 5.75 Å². The second-order valence-corrected chi connectivity index (χ2v) is 5.69. The Morgan fingerprint density at radius 3 is 2.38 bits per heavy atom. The van der Waals surface area contributed by atoms with E-state index in [1.54, 1.807) is 25.1 Å². The highest BCUT2D eigenvalue weighted by Crippen LogP contribution is 2.49. The molecular formula is C14H17ClF3NO2. The van der Waals surface area contributed by atoms with Crippen LogP contribution >= 0.6 is 11.6 Å². The van der Waals surface area contributed by atoms with Crippen molar-refractivity contribution >= 4 is 11.6 Å². The number of aryl methyl sites for hydroxylation is 1. The summed E-state index contributed by atoms with van der Waals surface area (Å²) in [5, 5.41) is 9.88. The normalized spacial score (nSPS) is 20.5. The smallest absolute Gasteiger partial charge is 0.417 e. The van der Waals surface area contributed by atoms with Crippen molar-refractivity contribution in [1.82, 2.24) is 4.90 Å². The van der Waals surface area contributed by atoms with Crippen LogP contribution in [0.15, 0.2) is 18.2 Å². The average molecular weight is 324 g/mol. The Hall–Kier alpha value is -0.980. The van der Waals surface area contributed by atoms with Gasteiger partial charge in [-0.25, -0.2) is 0 Å². The first-order valence-electron chi connectivity index (χ1n) is 6.55. The topological polar surface area (TPSA) is 32.7 Å². The maximum absolute atomic E-state index is 13.1. The molecule has 0 bridgehead atoms. The molecule has 1 fully saturated rings. The van der Waals surface area contributed by atoms with Crippen LogP contribution in [0, 0.1) is 6.92 Å². The summed E-state index contributed by atoms with van der Waals surface area (Å²) in [6, 6.07) is 4.87. The number of hydrogen-bond acceptors (Lipinski definition) is 3. The van der Waals surface area contributed by atoms with E-state index in [0.29, 0.717) is 18.7 Å². The van der Waals surface area contributed by atoms with E-state index in [0.717, 1.165) is 6.42 Å². The van der Waals surface area contributed by atoms with Gasteiger partial charge in [-0.1, -0.05) is 23.7 Å². The molecule has 0 radical (unpaired) electrons. The second-order valence-electron chi connectivity index (χ2n) is 5.11. The van der Waals surface area contributed by atoms with Gasteiger partial charge in [0.05, 0.1) is 7.11 Å². The lowest BCUT2D eigenvalue weighted by molar-refractivity contribution is -0.235. The highest BCUT2D eigenvalue weighted by molar-refractivity contribution is 6.24. The number of likely N-dealkylation sites (tertiary alicyclic amines) is 1. The Bertz CT molecular complexity index is 519. The first-order chi connectivity index (χ1) is 9.72. The first kappa shape index (κ1) is 16.4. The van der Waals surface area contributed by atoms with Crippen LogP contribution in [0.2, 0.25) is 0 Å². The third-order valence-electron chi connectivity index (χ3n) is 3.79. The largest absolute Gasteiger partial charge is 0.496 e. The van der Waals surface area contributed by atoms with Crippen molar-refractivity contribution in [2.24, 2.45) is 0 Å². The highest BCUT2D eigenvalue weighted by atomic mass is 35.5. The van der Waals surface area contributed by atoms with Gasteiger partial charge in [-0.2, -0.15) is 13.2 Å². The minimum absolute atomic E-state index is 0.165. The zero-order chi connectivity index (χ0) is 15.8. The molecule has 2 atom stereocenters. The van der Waals surface area contributed by atoms with Gasteiger partial charge in [0.25, 0.3) is 0 Å². The summed E-state index contributed by atoms with van der Waals surface area (Å²) in [6.07, 6.45) is -6.79. The number of methoxy groups -OCH3 is 1. The third-order valence-corrected chi connectivity index (χ3v) is 4.43. The molecule has 0 saturated carbocycles. The zero-order valence-electron chi connectivity index (χ0n) is 11.7. The van der Waals surface area contributed by atoms with Crippen molar-refractivity contribution in [3.63, 3.8) is 0 Å². The minimum atomic E-state index is -4.83. The van der Waals surface area contributed by atoms with Gasteiger partial charge in [0.2, 0.25) is 0 Å². The number of aliphatic hydroxyl groups excluding tert-OH is 1. The van der Waals surface area contributed by atoms with Crippen LogP contribution in [0.3, 0.4) is 0 Å². The van der Waals surface area contributed by atoms with Crippen LogP contribution in [0.5, 0.6) is 5.75 Å². The van der Waals surface area contributed by atoms with Crippen molar-refractivity contribution in [2.45, 2.75) is 30.6 Å². The average Bonchev–Trinajstić information content (AvgIpc) is 2.33. The molecule has 0 spiro atoms. The molecule has 1 saturated heterocycles. The predicted molar refractivity (Wildman–Crippen MR) is 73.5 cm³/mol. The first-order valence-corrected chi connectivity index (χ1v) is 6.93. The maximum Gasteiger partial charge on any atom is 0.417 e. The zero-order valence-corrected chi connectivity index (χ0v) is 12.5. The summed E-state index contributed by atoms with van der Waals surface area (Å²) < 4.78 is 44.5. The number of rotatable bonds is 4. The number of benzene rings is 1. The van der Waals surface area contributed by atoms with Gasteiger partial charge >= 0.3 is 6.18 Å². The fourth-order valence-electron chi connectivity index (χ4n) is 2.59. The molecule has 1 aliphatic rings. The lowest BCUT2D eigenvalue weighted by atomic mass is 9.91. The molecule has 3 nitrogen and oxygen atoms in total. The molecule has 21 heavy (non-hydrogen) atoms. The quantitative estimate of drug-likeness (QED) is 0.683. The summed E-state index contributed by atoms with van der Waals surface area (Å²) in [6.45, 7) is 2.44. The summed E-state index contributed by atoms with van der Waals surface area (Å²) in [5.74, 6) is 0.236. The Labute approximate surface area is 126 Å². The predicted octanol–water partition coefficient (Wildman–Crippen LogP) is 3.02. The van der Waals surface area contributed by atoms with E-state index in [4.69, 9.17) is 16.3 Å². The van der Waals surface area contributed by atoms with Crippen LogP contribution in [-0.4, -0.2) is 42.5 Å². The van der Waals surface area contributed by atoms with Crippen molar-refractivity contribution in [1.29, 1.82) is 0 Å². The van der Waals surface area contributed by atoms with Crippen LogP contribution in [0.1, 0.15) is 17.5 Å². The summed E-state index contributed by atoms with van der Waals surface area (Å²) in [4.78, 5) is -0.648. The molecule has 2 unspecified atom stereocenters. The number of aliphatic hydroxyl groups is 1. The van der Waals surface area contributed by atoms with E-state index in [1.165, 1.54) is 12.0 Å². The highest BCUT2D eigenvalue weighted by Gasteiger charge is 2.58. The van der Waals surface area contributed by atoms with Crippen molar-refractivity contribution in [3.8, 4) is 5.75 Å². The van der Waals surface area contributed by atoms with E-state index >= 15 is 0 Å². The maximum atomic E-state index is 13.1. The fraction of sp³-hybridized carbons (Fsp3) is 0.571. The molecule has 1 aliphatic heterocycles. The van der Waals surface area contributed by atoms with Crippen LogP contribution in [0.4, 0.5) is 13.2 Å². The van der Waals surface area contributed by atoms with E-state index < -0.39 is 17.3 Å². The molecule has 1 aromatic rings. The molecule has 0 amide bonds. The van der Waals surface area contributed by atoms with Crippen LogP contribution < -0.4 is 4.74 Å². The molecule has 0 aliphatic carbocycles. The van der Waals surface area contributed by atoms with Gasteiger partial charge in [0, 0.05) is 18.7 Å². The molecule has 0 aromatic heterocycles. The van der Waals surface area contributed by atoms with Gasteiger partial charge < -0.3 is 9.84 Å². The van der Waals surface area contributed by atoms with Gasteiger partial charge in [-0.05, 0) is 25.0 Å². The lowest BCUT2D eigenvalue weighted by Gasteiger charge is -2.48. The molecule has 2 rings (SSSR count). The van der Waals surface area contributed by atoms with Crippen molar-refractivity contribution < 1.29 is 23.0 Å². The van der Waals surface area contributed by atoms with E-state index in [1.807, 2.05) is 0 Å². The number of nitrogens with zero attached hydrogens (tertiary/aromatic N) is 1. The summed E-state index contributed by atoms with van der Waals surface area (Å²) >= 11 is 6.37. The lowest BCUT2D eigenvalue weighted by Crippen LogP contribution is -2.60.